The summed E-state index contributed by atoms with van der Waals surface area (Å²) in [5.41, 5.74) is 1.97. The molecule has 160 valence electrons. The Kier molecular flexibility index (Phi) is 8.11. The molecule has 2 amide bonds. The zero-order valence-corrected chi connectivity index (χ0v) is 17.1. The number of nitrogens with zero attached hydrogens (tertiary/aromatic N) is 2. The van der Waals surface area contributed by atoms with Crippen LogP contribution in [0.4, 0.5) is 4.79 Å². The van der Waals surface area contributed by atoms with E-state index in [2.05, 4.69) is 20.6 Å². The molecular weight excluding hydrogens is 392 g/mol. The molecule has 0 spiro atoms. The van der Waals surface area contributed by atoms with Crippen molar-refractivity contribution in [2.45, 2.75) is 37.8 Å². The van der Waals surface area contributed by atoms with Crippen LogP contribution in [0.5, 0.6) is 0 Å². The molecule has 0 radical (unpaired) electrons. The summed E-state index contributed by atoms with van der Waals surface area (Å²) < 4.78 is 0. The standard InChI is InChI=1S/C24H26N4O3/c29-23(21(28-24(30)31)17-19-10-5-2-6-11-19)27-20(16-18-8-3-1-4-9-18)12-13-22-25-14-7-15-26-22/h1-11,14-15,20-21,28H,12-13,16-17H2,(H,27,29)(H,30,31)/t20-,21-/m0/s1. The zero-order valence-electron chi connectivity index (χ0n) is 17.1. The summed E-state index contributed by atoms with van der Waals surface area (Å²) in [6.07, 6.45) is 4.31. The summed E-state index contributed by atoms with van der Waals surface area (Å²) in [4.78, 5) is 32.8. The predicted octanol–water partition coefficient (Wildman–Crippen LogP) is 3.02. The van der Waals surface area contributed by atoms with E-state index in [1.165, 1.54) is 0 Å². The molecule has 2 aromatic carbocycles. The Morgan fingerprint density at radius 1 is 0.806 bits per heavy atom. The summed E-state index contributed by atoms with van der Waals surface area (Å²) in [6, 6.07) is 19.9. The first kappa shape index (κ1) is 22.0. The molecule has 1 heterocycles. The molecule has 2 atom stereocenters. The van der Waals surface area contributed by atoms with Crippen LogP contribution in [-0.2, 0) is 24.1 Å². The van der Waals surface area contributed by atoms with Crippen molar-refractivity contribution < 1.29 is 14.7 Å². The number of benzene rings is 2. The second-order valence-corrected chi connectivity index (χ2v) is 7.29. The lowest BCUT2D eigenvalue weighted by Gasteiger charge is -2.23. The van der Waals surface area contributed by atoms with Crippen LogP contribution in [0.15, 0.2) is 79.1 Å². The van der Waals surface area contributed by atoms with Crippen molar-refractivity contribution in [2.75, 3.05) is 0 Å². The van der Waals surface area contributed by atoms with Crippen molar-refractivity contribution in [3.8, 4) is 0 Å². The molecule has 0 aliphatic heterocycles. The quantitative estimate of drug-likeness (QED) is 0.470. The molecule has 3 rings (SSSR count). The topological polar surface area (TPSA) is 104 Å². The molecular formula is C24H26N4O3. The van der Waals surface area contributed by atoms with Crippen molar-refractivity contribution in [1.82, 2.24) is 20.6 Å². The Labute approximate surface area is 181 Å². The second kappa shape index (κ2) is 11.4. The Hall–Kier alpha value is -3.74. The molecule has 3 N–H and O–H groups in total. The molecule has 0 aliphatic rings. The van der Waals surface area contributed by atoms with E-state index >= 15 is 0 Å². The monoisotopic (exact) mass is 418 g/mol. The number of rotatable bonds is 10. The Bertz CT molecular complexity index is 952. The largest absolute Gasteiger partial charge is 0.465 e. The van der Waals surface area contributed by atoms with Gasteiger partial charge in [0.15, 0.2) is 0 Å². The Morgan fingerprint density at radius 3 is 1.97 bits per heavy atom. The maximum absolute atomic E-state index is 13.0. The highest BCUT2D eigenvalue weighted by Gasteiger charge is 2.24. The van der Waals surface area contributed by atoms with Crippen LogP contribution >= 0.6 is 0 Å². The van der Waals surface area contributed by atoms with E-state index in [1.54, 1.807) is 18.5 Å². The molecule has 0 bridgehead atoms. The second-order valence-electron chi connectivity index (χ2n) is 7.29. The van der Waals surface area contributed by atoms with Crippen LogP contribution in [0.25, 0.3) is 0 Å². The molecule has 0 aliphatic carbocycles. The van der Waals surface area contributed by atoms with Gasteiger partial charge in [-0.2, -0.15) is 0 Å². The zero-order chi connectivity index (χ0) is 21.9. The number of carbonyl (C=O) groups is 2. The van der Waals surface area contributed by atoms with Crippen LogP contribution in [0.2, 0.25) is 0 Å². The van der Waals surface area contributed by atoms with E-state index in [-0.39, 0.29) is 18.4 Å². The molecule has 3 aromatic rings. The Morgan fingerprint density at radius 2 is 1.39 bits per heavy atom. The third-order valence-electron chi connectivity index (χ3n) is 4.90. The molecule has 1 aromatic heterocycles. The number of aromatic nitrogens is 2. The highest BCUT2D eigenvalue weighted by Crippen LogP contribution is 2.10. The number of carbonyl (C=O) groups excluding carboxylic acids is 1. The number of amides is 2. The van der Waals surface area contributed by atoms with Crippen LogP contribution in [0, 0.1) is 0 Å². The van der Waals surface area contributed by atoms with Gasteiger partial charge >= 0.3 is 6.09 Å². The van der Waals surface area contributed by atoms with Crippen LogP contribution < -0.4 is 10.6 Å². The van der Waals surface area contributed by atoms with Crippen molar-refractivity contribution in [2.24, 2.45) is 0 Å². The lowest BCUT2D eigenvalue weighted by Crippen LogP contribution is -2.51. The van der Waals surface area contributed by atoms with E-state index < -0.39 is 12.1 Å². The fraction of sp³-hybridized carbons (Fsp3) is 0.250. The minimum Gasteiger partial charge on any atom is -0.465 e. The van der Waals surface area contributed by atoms with E-state index in [0.29, 0.717) is 25.1 Å². The summed E-state index contributed by atoms with van der Waals surface area (Å²) in [6.45, 7) is 0. The summed E-state index contributed by atoms with van der Waals surface area (Å²) in [5.74, 6) is 0.362. The van der Waals surface area contributed by atoms with Gasteiger partial charge < -0.3 is 15.7 Å². The van der Waals surface area contributed by atoms with Gasteiger partial charge in [0.05, 0.1) is 0 Å². The van der Waals surface area contributed by atoms with Gasteiger partial charge in [0.25, 0.3) is 0 Å². The van der Waals surface area contributed by atoms with Crippen LogP contribution in [0.3, 0.4) is 0 Å². The third-order valence-corrected chi connectivity index (χ3v) is 4.90. The van der Waals surface area contributed by atoms with Crippen molar-refractivity contribution in [3.63, 3.8) is 0 Å². The fourth-order valence-corrected chi connectivity index (χ4v) is 3.40. The van der Waals surface area contributed by atoms with Crippen LogP contribution in [0.1, 0.15) is 23.4 Å². The van der Waals surface area contributed by atoms with Crippen molar-refractivity contribution >= 4 is 12.0 Å². The number of aryl methyl sites for hydroxylation is 1. The highest BCUT2D eigenvalue weighted by molar-refractivity contribution is 5.85. The van der Waals surface area contributed by atoms with Gasteiger partial charge in [-0.1, -0.05) is 60.7 Å². The summed E-state index contributed by atoms with van der Waals surface area (Å²) in [7, 11) is 0. The van der Waals surface area contributed by atoms with Gasteiger partial charge in [0, 0.05) is 31.3 Å². The van der Waals surface area contributed by atoms with Gasteiger partial charge in [0.1, 0.15) is 11.9 Å². The molecule has 7 heteroatoms. The SMILES string of the molecule is O=C(O)N[C@@H](Cc1ccccc1)C(=O)N[C@@H](CCc1ncccn1)Cc1ccccc1. The molecule has 0 fully saturated rings. The third kappa shape index (κ3) is 7.54. The number of hydrogen-bond donors (Lipinski definition) is 3. The van der Waals surface area contributed by atoms with Gasteiger partial charge in [0.2, 0.25) is 5.91 Å². The lowest BCUT2D eigenvalue weighted by molar-refractivity contribution is -0.123. The number of hydrogen-bond acceptors (Lipinski definition) is 4. The minimum absolute atomic E-state index is 0.187. The van der Waals surface area contributed by atoms with Gasteiger partial charge in [-0.15, -0.1) is 0 Å². The van der Waals surface area contributed by atoms with Crippen molar-refractivity contribution in [1.29, 1.82) is 0 Å². The lowest BCUT2D eigenvalue weighted by atomic mass is 10.00. The summed E-state index contributed by atoms with van der Waals surface area (Å²) in [5, 5.41) is 14.6. The maximum atomic E-state index is 13.0. The number of nitrogens with one attached hydrogen (secondary N) is 2. The van der Waals surface area contributed by atoms with Gasteiger partial charge in [-0.05, 0) is 30.0 Å². The molecule has 0 saturated heterocycles. The summed E-state index contributed by atoms with van der Waals surface area (Å²) >= 11 is 0. The van der Waals surface area contributed by atoms with Crippen LogP contribution in [-0.4, -0.2) is 39.2 Å². The van der Waals surface area contributed by atoms with Gasteiger partial charge in [-0.25, -0.2) is 14.8 Å². The molecule has 31 heavy (non-hydrogen) atoms. The van der Waals surface area contributed by atoms with E-state index in [0.717, 1.165) is 11.1 Å². The Balaban J connectivity index is 1.71. The average molecular weight is 418 g/mol. The smallest absolute Gasteiger partial charge is 0.405 e. The average Bonchev–Trinajstić information content (AvgIpc) is 2.79. The van der Waals surface area contributed by atoms with E-state index in [9.17, 15) is 14.7 Å². The predicted molar refractivity (Wildman–Crippen MR) is 118 cm³/mol. The minimum atomic E-state index is -1.23. The first-order valence-electron chi connectivity index (χ1n) is 10.2. The normalized spacial score (nSPS) is 12.5. The van der Waals surface area contributed by atoms with E-state index in [4.69, 9.17) is 0 Å². The first-order chi connectivity index (χ1) is 15.1. The van der Waals surface area contributed by atoms with E-state index in [1.807, 2.05) is 60.7 Å². The van der Waals surface area contributed by atoms with Gasteiger partial charge in [-0.3, -0.25) is 4.79 Å². The maximum Gasteiger partial charge on any atom is 0.405 e. The first-order valence-corrected chi connectivity index (χ1v) is 10.2. The molecule has 0 unspecified atom stereocenters. The highest BCUT2D eigenvalue weighted by atomic mass is 16.4. The molecule has 0 saturated carbocycles. The fourth-order valence-electron chi connectivity index (χ4n) is 3.40. The van der Waals surface area contributed by atoms with Crippen molar-refractivity contribution in [3.05, 3.63) is 96.1 Å². The molecule has 7 nitrogen and oxygen atoms in total. The number of carboxylic acid groups (broad SMARTS) is 1.